The Labute approximate surface area is 175 Å². The third-order valence-corrected chi connectivity index (χ3v) is 5.51. The second-order valence-corrected chi connectivity index (χ2v) is 8.75. The van der Waals surface area contributed by atoms with Crippen LogP contribution in [0.1, 0.15) is 32.2 Å². The second kappa shape index (κ2) is 8.17. The van der Waals surface area contributed by atoms with Gasteiger partial charge in [-0.15, -0.1) is 11.8 Å². The lowest BCUT2D eigenvalue weighted by atomic mass is 9.96. The van der Waals surface area contributed by atoms with E-state index in [1.54, 1.807) is 25.2 Å². The molecule has 0 saturated carbocycles. The molecule has 160 valence electrons. The van der Waals surface area contributed by atoms with Crippen LogP contribution in [0.3, 0.4) is 0 Å². The molecule has 0 spiro atoms. The summed E-state index contributed by atoms with van der Waals surface area (Å²) >= 11 is 1.21. The lowest BCUT2D eigenvalue weighted by molar-refractivity contribution is -0.0503. The fourth-order valence-corrected chi connectivity index (χ4v) is 3.85. The van der Waals surface area contributed by atoms with Gasteiger partial charge in [0.2, 0.25) is 0 Å². The number of thioether (sulfide) groups is 1. The van der Waals surface area contributed by atoms with Crippen molar-refractivity contribution in [1.29, 1.82) is 0 Å². The van der Waals surface area contributed by atoms with Gasteiger partial charge in [0.1, 0.15) is 22.0 Å². The number of fused-ring (bicyclic) bond motifs is 1. The molecule has 0 aliphatic heterocycles. The highest BCUT2D eigenvalue weighted by atomic mass is 32.2. The molecule has 2 heterocycles. The smallest absolute Gasteiger partial charge is 0.387 e. The fourth-order valence-electron chi connectivity index (χ4n) is 2.85. The van der Waals surface area contributed by atoms with E-state index in [0.717, 1.165) is 4.57 Å². The van der Waals surface area contributed by atoms with Crippen LogP contribution in [0.15, 0.2) is 38.9 Å². The maximum absolute atomic E-state index is 12.8. The van der Waals surface area contributed by atoms with E-state index in [0.29, 0.717) is 16.4 Å². The molecule has 7 nitrogen and oxygen atoms in total. The molecule has 0 aliphatic carbocycles. The zero-order valence-corrected chi connectivity index (χ0v) is 18.1. The van der Waals surface area contributed by atoms with Crippen molar-refractivity contribution in [1.82, 2.24) is 19.1 Å². The van der Waals surface area contributed by atoms with Crippen molar-refractivity contribution in [3.63, 3.8) is 0 Å². The summed E-state index contributed by atoms with van der Waals surface area (Å²) in [5.41, 5.74) is -0.654. The minimum atomic E-state index is -2.94. The van der Waals surface area contributed by atoms with Crippen molar-refractivity contribution in [3.05, 3.63) is 56.5 Å². The Balaban J connectivity index is 2.16. The molecule has 1 aromatic carbocycles. The number of halogens is 2. The van der Waals surface area contributed by atoms with Crippen molar-refractivity contribution < 1.29 is 13.5 Å². The summed E-state index contributed by atoms with van der Waals surface area (Å²) in [6.45, 7) is 2.83. The van der Waals surface area contributed by atoms with Gasteiger partial charge in [0.15, 0.2) is 5.65 Å². The van der Waals surface area contributed by atoms with Gasteiger partial charge in [-0.05, 0) is 6.07 Å². The summed E-state index contributed by atoms with van der Waals surface area (Å²) in [6.07, 6.45) is 0. The predicted molar refractivity (Wildman–Crippen MR) is 111 cm³/mol. The summed E-state index contributed by atoms with van der Waals surface area (Å²) in [6, 6.07) is 6.46. The van der Waals surface area contributed by atoms with Gasteiger partial charge in [-0.25, -0.2) is 14.8 Å². The minimum Gasteiger partial charge on any atom is -0.435 e. The molecule has 0 unspecified atom stereocenters. The van der Waals surface area contributed by atoms with Crippen LogP contribution in [0, 0.1) is 0 Å². The lowest BCUT2D eigenvalue weighted by Gasteiger charge is -2.19. The van der Waals surface area contributed by atoms with Crippen LogP contribution in [0.25, 0.3) is 11.0 Å². The van der Waals surface area contributed by atoms with E-state index in [1.165, 1.54) is 29.4 Å². The topological polar surface area (TPSA) is 79.0 Å². The first kappa shape index (κ1) is 21.9. The van der Waals surface area contributed by atoms with Gasteiger partial charge in [-0.2, -0.15) is 8.78 Å². The van der Waals surface area contributed by atoms with Gasteiger partial charge in [0.25, 0.3) is 5.56 Å². The van der Waals surface area contributed by atoms with Gasteiger partial charge in [0.05, 0.1) is 0 Å². The van der Waals surface area contributed by atoms with Gasteiger partial charge < -0.3 is 4.74 Å². The third-order valence-electron chi connectivity index (χ3n) is 4.49. The van der Waals surface area contributed by atoms with Crippen LogP contribution in [0.4, 0.5) is 8.78 Å². The largest absolute Gasteiger partial charge is 0.435 e. The highest BCUT2D eigenvalue weighted by molar-refractivity contribution is 7.98. The molecular formula is C20H22F2N4O3S. The highest BCUT2D eigenvalue weighted by Gasteiger charge is 2.24. The molecule has 0 saturated heterocycles. The zero-order valence-electron chi connectivity index (χ0n) is 17.3. The van der Waals surface area contributed by atoms with E-state index in [9.17, 15) is 18.4 Å². The van der Waals surface area contributed by atoms with E-state index in [-0.39, 0.29) is 22.5 Å². The number of aromatic nitrogens is 4. The summed E-state index contributed by atoms with van der Waals surface area (Å²) in [4.78, 5) is 34.3. The summed E-state index contributed by atoms with van der Waals surface area (Å²) in [5, 5.41) is 0.595. The molecule has 0 N–H and O–H groups in total. The first-order chi connectivity index (χ1) is 14.0. The Morgan fingerprint density at radius 3 is 2.40 bits per heavy atom. The van der Waals surface area contributed by atoms with Crippen molar-refractivity contribution in [3.8, 4) is 5.75 Å². The Morgan fingerprint density at radius 2 is 1.77 bits per heavy atom. The maximum atomic E-state index is 12.8. The SMILES string of the molecule is Cn1c(=O)c2c(SCc3ccccc3OC(F)F)nc(C(C)(C)C)nc2n(C)c1=O. The molecule has 0 fully saturated rings. The molecule has 0 aliphatic rings. The van der Waals surface area contributed by atoms with Crippen molar-refractivity contribution in [2.24, 2.45) is 14.1 Å². The van der Waals surface area contributed by atoms with E-state index < -0.39 is 23.3 Å². The Kier molecular flexibility index (Phi) is 5.98. The van der Waals surface area contributed by atoms with Crippen LogP contribution >= 0.6 is 11.8 Å². The molecule has 10 heteroatoms. The van der Waals surface area contributed by atoms with E-state index in [1.807, 2.05) is 20.8 Å². The normalized spacial score (nSPS) is 12.0. The number of ether oxygens (including phenoxy) is 1. The average Bonchev–Trinajstić information content (AvgIpc) is 2.68. The summed E-state index contributed by atoms with van der Waals surface area (Å²) in [7, 11) is 2.94. The lowest BCUT2D eigenvalue weighted by Crippen LogP contribution is -2.38. The number of hydrogen-bond acceptors (Lipinski definition) is 6. The van der Waals surface area contributed by atoms with Crippen LogP contribution in [-0.4, -0.2) is 25.7 Å². The molecule has 30 heavy (non-hydrogen) atoms. The number of benzene rings is 1. The Bertz CT molecular complexity index is 1220. The van der Waals surface area contributed by atoms with E-state index in [2.05, 4.69) is 14.7 Å². The number of aryl methyl sites for hydroxylation is 1. The fraction of sp³-hybridized carbons (Fsp3) is 0.400. The number of hydrogen-bond donors (Lipinski definition) is 0. The van der Waals surface area contributed by atoms with E-state index in [4.69, 9.17) is 0 Å². The van der Waals surface area contributed by atoms with Crippen LogP contribution in [0.2, 0.25) is 0 Å². The monoisotopic (exact) mass is 436 g/mol. The quantitative estimate of drug-likeness (QED) is 0.451. The van der Waals surface area contributed by atoms with Crippen molar-refractivity contribution in [2.75, 3.05) is 0 Å². The summed E-state index contributed by atoms with van der Waals surface area (Å²) in [5.74, 6) is 0.775. The average molecular weight is 436 g/mol. The minimum absolute atomic E-state index is 0.0645. The first-order valence-corrected chi connectivity index (χ1v) is 10.1. The number of alkyl halides is 2. The van der Waals surface area contributed by atoms with Crippen molar-refractivity contribution in [2.45, 2.75) is 43.6 Å². The van der Waals surface area contributed by atoms with Crippen LogP contribution in [0.5, 0.6) is 5.75 Å². The van der Waals surface area contributed by atoms with Gasteiger partial charge in [-0.1, -0.05) is 39.0 Å². The summed E-state index contributed by atoms with van der Waals surface area (Å²) < 4.78 is 32.3. The molecule has 0 atom stereocenters. The molecular weight excluding hydrogens is 414 g/mol. The Hall–Kier alpha value is -2.75. The molecule has 2 aromatic heterocycles. The number of rotatable bonds is 5. The van der Waals surface area contributed by atoms with Crippen LogP contribution < -0.4 is 16.0 Å². The van der Waals surface area contributed by atoms with Crippen LogP contribution in [-0.2, 0) is 25.3 Å². The second-order valence-electron chi connectivity index (χ2n) is 7.78. The van der Waals surface area contributed by atoms with Gasteiger partial charge in [-0.3, -0.25) is 13.9 Å². The third kappa shape index (κ3) is 4.23. The standard InChI is InChI=1S/C20H22F2N4O3S/c1-20(2,3)17-23-14-13(16(27)26(5)19(28)25(14)4)15(24-17)30-10-11-8-6-7-9-12(11)29-18(21)22/h6-9,18H,10H2,1-5H3. The predicted octanol–water partition coefficient (Wildman–Crippen LogP) is 3.22. The van der Waals surface area contributed by atoms with E-state index >= 15 is 0 Å². The Morgan fingerprint density at radius 1 is 1.10 bits per heavy atom. The molecule has 3 rings (SSSR count). The highest BCUT2D eigenvalue weighted by Crippen LogP contribution is 2.32. The number of para-hydroxylation sites is 1. The molecule has 0 radical (unpaired) electrons. The van der Waals surface area contributed by atoms with Crippen molar-refractivity contribution >= 4 is 22.8 Å². The zero-order chi connectivity index (χ0) is 22.2. The molecule has 3 aromatic rings. The molecule has 0 amide bonds. The number of nitrogens with zero attached hydrogens (tertiary/aromatic N) is 4. The maximum Gasteiger partial charge on any atom is 0.387 e. The van der Waals surface area contributed by atoms with Gasteiger partial charge in [0, 0.05) is 30.8 Å². The first-order valence-electron chi connectivity index (χ1n) is 9.14. The van der Waals surface area contributed by atoms with Gasteiger partial charge >= 0.3 is 12.3 Å². The molecule has 0 bridgehead atoms.